The fourth-order valence-electron chi connectivity index (χ4n) is 2.18. The van der Waals surface area contributed by atoms with E-state index >= 15 is 0 Å². The van der Waals surface area contributed by atoms with E-state index in [-0.39, 0.29) is 0 Å². The van der Waals surface area contributed by atoms with Crippen molar-refractivity contribution in [2.75, 3.05) is 11.9 Å². The largest absolute Gasteiger partial charge is 0.354 e. The first-order valence-corrected chi connectivity index (χ1v) is 6.77. The molecule has 0 spiro atoms. The van der Waals surface area contributed by atoms with Crippen molar-refractivity contribution >= 4 is 17.0 Å². The lowest BCUT2D eigenvalue weighted by molar-refractivity contribution is 0.941. The first-order valence-electron chi connectivity index (χ1n) is 6.77. The number of anilines is 1. The highest BCUT2D eigenvalue weighted by Crippen LogP contribution is 2.22. The molecule has 0 amide bonds. The second-order valence-corrected chi connectivity index (χ2v) is 4.71. The summed E-state index contributed by atoms with van der Waals surface area (Å²) in [5.74, 6) is 1.54. The molecule has 1 N–H and O–H groups in total. The van der Waals surface area contributed by atoms with Gasteiger partial charge in [0.1, 0.15) is 5.82 Å². The fourth-order valence-corrected chi connectivity index (χ4v) is 2.18. The molecule has 5 nitrogen and oxygen atoms in total. The number of benzene rings is 1. The summed E-state index contributed by atoms with van der Waals surface area (Å²) in [4.78, 5) is 13.3. The Morgan fingerprint density at radius 1 is 1.15 bits per heavy atom. The summed E-state index contributed by atoms with van der Waals surface area (Å²) in [6.07, 6.45) is 4.67. The monoisotopic (exact) mass is 267 g/mol. The molecule has 3 rings (SSSR count). The van der Waals surface area contributed by atoms with Crippen molar-refractivity contribution in [3.63, 3.8) is 0 Å². The predicted molar refractivity (Wildman–Crippen MR) is 80.5 cm³/mol. The molecule has 0 fully saturated rings. The molecule has 0 saturated carbocycles. The molecule has 0 aliphatic carbocycles. The first kappa shape index (κ1) is 12.6. The zero-order chi connectivity index (χ0) is 13.9. The molecule has 0 atom stereocenters. The highest BCUT2D eigenvalue weighted by molar-refractivity contribution is 5.80. The topological polar surface area (TPSA) is 55.6 Å². The lowest BCUT2D eigenvalue weighted by Crippen LogP contribution is -2.04. The van der Waals surface area contributed by atoms with Gasteiger partial charge < -0.3 is 9.88 Å². The Morgan fingerprint density at radius 2 is 1.90 bits per heavy atom. The second kappa shape index (κ2) is 5.28. The predicted octanol–water partition coefficient (Wildman–Crippen LogP) is 2.85. The summed E-state index contributed by atoms with van der Waals surface area (Å²) in [5.41, 5.74) is 3.01. The van der Waals surface area contributed by atoms with Gasteiger partial charge in [-0.2, -0.15) is 0 Å². The molecule has 102 valence electrons. The van der Waals surface area contributed by atoms with Crippen LogP contribution in [0, 0.1) is 0 Å². The molecule has 20 heavy (non-hydrogen) atoms. The van der Waals surface area contributed by atoms with Crippen LogP contribution >= 0.6 is 0 Å². The van der Waals surface area contributed by atoms with E-state index in [0.29, 0.717) is 5.95 Å². The van der Waals surface area contributed by atoms with Gasteiger partial charge in [0.05, 0.1) is 16.6 Å². The molecular weight excluding hydrogens is 250 g/mol. The highest BCUT2D eigenvalue weighted by atomic mass is 15.1. The van der Waals surface area contributed by atoms with Crippen LogP contribution in [0.2, 0.25) is 0 Å². The number of nitrogens with zero attached hydrogens (tertiary/aromatic N) is 4. The number of hydrogen-bond acceptors (Lipinski definition) is 4. The van der Waals surface area contributed by atoms with Crippen LogP contribution < -0.4 is 5.32 Å². The minimum absolute atomic E-state index is 0.661. The first-order chi connectivity index (χ1) is 9.79. The minimum atomic E-state index is 0.661. The Bertz CT molecular complexity index is 715. The normalized spacial score (nSPS) is 10.9. The quantitative estimate of drug-likeness (QED) is 0.789. The molecule has 2 aromatic heterocycles. The van der Waals surface area contributed by atoms with E-state index < -0.39 is 0 Å². The van der Waals surface area contributed by atoms with Crippen molar-refractivity contribution in [1.29, 1.82) is 0 Å². The van der Waals surface area contributed by atoms with Gasteiger partial charge in [-0.1, -0.05) is 19.1 Å². The van der Waals surface area contributed by atoms with E-state index in [9.17, 15) is 0 Å². The van der Waals surface area contributed by atoms with Gasteiger partial charge >= 0.3 is 0 Å². The van der Waals surface area contributed by atoms with Crippen LogP contribution in [0.4, 0.5) is 5.95 Å². The smallest absolute Gasteiger partial charge is 0.222 e. The molecule has 0 unspecified atom stereocenters. The van der Waals surface area contributed by atoms with Gasteiger partial charge in [0.2, 0.25) is 5.95 Å². The van der Waals surface area contributed by atoms with Crippen LogP contribution in [0.25, 0.3) is 22.4 Å². The van der Waals surface area contributed by atoms with E-state index in [1.54, 1.807) is 0 Å². The third-order valence-corrected chi connectivity index (χ3v) is 3.23. The minimum Gasteiger partial charge on any atom is -0.354 e. The molecule has 0 aliphatic heterocycles. The molecule has 1 aromatic carbocycles. The third-order valence-electron chi connectivity index (χ3n) is 3.23. The van der Waals surface area contributed by atoms with Gasteiger partial charge in [0.15, 0.2) is 0 Å². The maximum Gasteiger partial charge on any atom is 0.222 e. The SMILES string of the molecule is CCCNc1ncc(-c2nc3ccccc3n2C)cn1. The van der Waals surface area contributed by atoms with Gasteiger partial charge in [-0.3, -0.25) is 0 Å². The summed E-state index contributed by atoms with van der Waals surface area (Å²) in [5, 5.41) is 3.16. The average Bonchev–Trinajstić information content (AvgIpc) is 2.83. The van der Waals surface area contributed by atoms with Gasteiger partial charge in [0, 0.05) is 26.0 Å². The number of rotatable bonds is 4. The van der Waals surface area contributed by atoms with Gasteiger partial charge in [-0.25, -0.2) is 15.0 Å². The van der Waals surface area contributed by atoms with Crippen LogP contribution in [-0.2, 0) is 7.05 Å². The Balaban J connectivity index is 1.96. The van der Waals surface area contributed by atoms with Crippen molar-refractivity contribution in [2.45, 2.75) is 13.3 Å². The highest BCUT2D eigenvalue weighted by Gasteiger charge is 2.10. The van der Waals surface area contributed by atoms with Crippen molar-refractivity contribution in [2.24, 2.45) is 7.05 Å². The van der Waals surface area contributed by atoms with Crippen molar-refractivity contribution in [1.82, 2.24) is 19.5 Å². The summed E-state index contributed by atoms with van der Waals surface area (Å²) in [7, 11) is 2.01. The van der Waals surface area contributed by atoms with Gasteiger partial charge in [-0.15, -0.1) is 0 Å². The van der Waals surface area contributed by atoms with Crippen LogP contribution in [0.3, 0.4) is 0 Å². The van der Waals surface area contributed by atoms with E-state index in [0.717, 1.165) is 35.4 Å². The lowest BCUT2D eigenvalue weighted by Gasteiger charge is -2.04. The zero-order valence-electron chi connectivity index (χ0n) is 11.7. The van der Waals surface area contributed by atoms with Crippen molar-refractivity contribution < 1.29 is 0 Å². The molecule has 0 saturated heterocycles. The van der Waals surface area contributed by atoms with Crippen molar-refractivity contribution in [3.8, 4) is 11.4 Å². The number of fused-ring (bicyclic) bond motifs is 1. The van der Waals surface area contributed by atoms with Crippen LogP contribution in [0.1, 0.15) is 13.3 Å². The number of aromatic nitrogens is 4. The van der Waals surface area contributed by atoms with Gasteiger partial charge in [0.25, 0.3) is 0 Å². The maximum atomic E-state index is 4.64. The summed E-state index contributed by atoms with van der Waals surface area (Å²) in [6.45, 7) is 2.99. The van der Waals surface area contributed by atoms with E-state index in [2.05, 4.69) is 37.8 Å². The Morgan fingerprint density at radius 3 is 2.60 bits per heavy atom. The molecule has 0 aliphatic rings. The average molecular weight is 267 g/mol. The fraction of sp³-hybridized carbons (Fsp3) is 0.267. The maximum absolute atomic E-state index is 4.64. The number of hydrogen-bond donors (Lipinski definition) is 1. The van der Waals surface area contributed by atoms with E-state index in [1.165, 1.54) is 0 Å². The number of para-hydroxylation sites is 2. The summed E-state index contributed by atoms with van der Waals surface area (Å²) < 4.78 is 2.06. The van der Waals surface area contributed by atoms with E-state index in [4.69, 9.17) is 0 Å². The summed E-state index contributed by atoms with van der Waals surface area (Å²) >= 11 is 0. The number of aryl methyl sites for hydroxylation is 1. The summed E-state index contributed by atoms with van der Waals surface area (Å²) in [6, 6.07) is 8.08. The van der Waals surface area contributed by atoms with Crippen LogP contribution in [-0.4, -0.2) is 26.1 Å². The molecule has 3 aromatic rings. The van der Waals surface area contributed by atoms with E-state index in [1.807, 2.05) is 37.6 Å². The standard InChI is InChI=1S/C15H17N5/c1-3-8-16-15-17-9-11(10-18-15)14-19-12-6-4-5-7-13(12)20(14)2/h4-7,9-10H,3,8H2,1-2H3,(H,16,17,18). The zero-order valence-corrected chi connectivity index (χ0v) is 11.7. The molecule has 5 heteroatoms. The number of imidazole rings is 1. The Labute approximate surface area is 117 Å². The van der Waals surface area contributed by atoms with Gasteiger partial charge in [-0.05, 0) is 18.6 Å². The Kier molecular flexibility index (Phi) is 3.33. The molecule has 2 heterocycles. The van der Waals surface area contributed by atoms with Crippen molar-refractivity contribution in [3.05, 3.63) is 36.7 Å². The molecule has 0 radical (unpaired) electrons. The number of nitrogens with one attached hydrogen (secondary N) is 1. The molecular formula is C15H17N5. The lowest BCUT2D eigenvalue weighted by atomic mass is 10.3. The van der Waals surface area contributed by atoms with Crippen LogP contribution in [0.5, 0.6) is 0 Å². The third kappa shape index (κ3) is 2.22. The Hall–Kier alpha value is -2.43. The second-order valence-electron chi connectivity index (χ2n) is 4.71. The molecule has 0 bridgehead atoms. The van der Waals surface area contributed by atoms with Crippen LogP contribution in [0.15, 0.2) is 36.7 Å².